The van der Waals surface area contributed by atoms with Crippen LogP contribution in [0.1, 0.15) is 39.0 Å². The molecule has 0 spiro atoms. The van der Waals surface area contributed by atoms with Crippen molar-refractivity contribution in [1.82, 2.24) is 9.97 Å². The summed E-state index contributed by atoms with van der Waals surface area (Å²) in [5, 5.41) is 3.46. The third-order valence-electron chi connectivity index (χ3n) is 3.36. The fourth-order valence-electron chi connectivity index (χ4n) is 2.42. The zero-order chi connectivity index (χ0) is 12.8. The molecular formula is C13H20ClN3O. The molecule has 0 atom stereocenters. The van der Waals surface area contributed by atoms with Gasteiger partial charge in [0.1, 0.15) is 5.82 Å². The summed E-state index contributed by atoms with van der Waals surface area (Å²) < 4.78 is 5.36. The molecule has 0 radical (unpaired) electrons. The maximum absolute atomic E-state index is 6.15. The van der Waals surface area contributed by atoms with E-state index >= 15 is 0 Å². The van der Waals surface area contributed by atoms with Gasteiger partial charge in [-0.15, -0.1) is 11.6 Å². The first-order valence-electron chi connectivity index (χ1n) is 6.57. The molecule has 0 amide bonds. The highest BCUT2D eigenvalue weighted by molar-refractivity contribution is 6.18. The second kappa shape index (κ2) is 6.23. The lowest BCUT2D eigenvalue weighted by molar-refractivity contribution is 0.323. The summed E-state index contributed by atoms with van der Waals surface area (Å²) in [4.78, 5) is 8.54. The Labute approximate surface area is 113 Å². The fraction of sp³-hybridized carbons (Fsp3) is 0.692. The third kappa shape index (κ3) is 3.25. The van der Waals surface area contributed by atoms with E-state index < -0.39 is 0 Å². The Morgan fingerprint density at radius 1 is 1.33 bits per heavy atom. The zero-order valence-electron chi connectivity index (χ0n) is 10.8. The highest BCUT2D eigenvalue weighted by atomic mass is 35.5. The Hall–Kier alpha value is -1.03. The van der Waals surface area contributed by atoms with Crippen LogP contribution in [0.3, 0.4) is 0 Å². The Morgan fingerprint density at radius 2 is 2.11 bits per heavy atom. The molecule has 1 N–H and O–H groups in total. The summed E-state index contributed by atoms with van der Waals surface area (Å²) >= 11 is 6.15. The van der Waals surface area contributed by atoms with Crippen molar-refractivity contribution in [1.29, 1.82) is 0 Å². The van der Waals surface area contributed by atoms with Gasteiger partial charge in [0, 0.05) is 5.88 Å². The topological polar surface area (TPSA) is 47.0 Å². The summed E-state index contributed by atoms with van der Waals surface area (Å²) in [5.74, 6) is 1.92. The first-order chi connectivity index (χ1) is 8.78. The summed E-state index contributed by atoms with van der Waals surface area (Å²) in [6, 6.07) is 0. The molecule has 0 bridgehead atoms. The minimum absolute atomic E-state index is 0.0284. The van der Waals surface area contributed by atoms with Crippen molar-refractivity contribution in [2.24, 2.45) is 0 Å². The second-order valence-electron chi connectivity index (χ2n) is 4.78. The Bertz CT molecular complexity index is 380. The Kier molecular flexibility index (Phi) is 4.64. The lowest BCUT2D eigenvalue weighted by Crippen LogP contribution is -2.42. The Morgan fingerprint density at radius 3 is 2.78 bits per heavy atom. The van der Waals surface area contributed by atoms with Gasteiger partial charge in [-0.2, -0.15) is 4.98 Å². The summed E-state index contributed by atoms with van der Waals surface area (Å²) in [6.45, 7) is 2.53. The molecule has 0 aliphatic heterocycles. The molecule has 1 fully saturated rings. The lowest BCUT2D eigenvalue weighted by Gasteiger charge is -2.36. The van der Waals surface area contributed by atoms with Crippen molar-refractivity contribution in [2.45, 2.75) is 44.6 Å². The zero-order valence-corrected chi connectivity index (χ0v) is 11.5. The van der Waals surface area contributed by atoms with Crippen LogP contribution < -0.4 is 10.1 Å². The van der Waals surface area contributed by atoms with Gasteiger partial charge >= 0.3 is 0 Å². The third-order valence-corrected chi connectivity index (χ3v) is 3.88. The fourth-order valence-corrected chi connectivity index (χ4v) is 2.75. The van der Waals surface area contributed by atoms with Crippen molar-refractivity contribution in [2.75, 3.05) is 17.8 Å². The molecule has 100 valence electrons. The van der Waals surface area contributed by atoms with Gasteiger partial charge in [-0.25, -0.2) is 0 Å². The van der Waals surface area contributed by atoms with E-state index in [1.165, 1.54) is 19.3 Å². The first kappa shape index (κ1) is 13.4. The number of hydrogen-bond acceptors (Lipinski definition) is 4. The molecule has 1 aromatic rings. The molecule has 1 heterocycles. The first-order valence-corrected chi connectivity index (χ1v) is 7.10. The van der Waals surface area contributed by atoms with Crippen LogP contribution in [-0.4, -0.2) is 28.0 Å². The van der Waals surface area contributed by atoms with Crippen LogP contribution >= 0.6 is 11.6 Å². The number of ether oxygens (including phenoxy) is 1. The number of alkyl halides is 1. The van der Waals surface area contributed by atoms with Crippen LogP contribution in [0.25, 0.3) is 0 Å². The molecule has 0 unspecified atom stereocenters. The van der Waals surface area contributed by atoms with Gasteiger partial charge in [-0.1, -0.05) is 19.3 Å². The lowest BCUT2D eigenvalue weighted by atomic mass is 9.83. The number of aromatic nitrogens is 2. The van der Waals surface area contributed by atoms with Gasteiger partial charge in [0.15, 0.2) is 0 Å². The molecule has 18 heavy (non-hydrogen) atoms. The molecule has 2 rings (SSSR count). The van der Waals surface area contributed by atoms with Gasteiger partial charge in [0.25, 0.3) is 0 Å². The molecule has 4 nitrogen and oxygen atoms in total. The number of nitrogens with zero attached hydrogens (tertiary/aromatic N) is 2. The molecule has 1 saturated carbocycles. The predicted molar refractivity (Wildman–Crippen MR) is 73.4 cm³/mol. The highest BCUT2D eigenvalue weighted by Gasteiger charge is 2.31. The molecular weight excluding hydrogens is 250 g/mol. The van der Waals surface area contributed by atoms with Crippen molar-refractivity contribution in [3.63, 3.8) is 0 Å². The van der Waals surface area contributed by atoms with E-state index in [4.69, 9.17) is 16.3 Å². The van der Waals surface area contributed by atoms with Gasteiger partial charge in [0.05, 0.1) is 24.5 Å². The molecule has 1 aliphatic carbocycles. The SMILES string of the molecule is CCOc1cncc(NC2(CCl)CCCCC2)n1. The van der Waals surface area contributed by atoms with Gasteiger partial charge in [-0.3, -0.25) is 4.98 Å². The normalized spacial score (nSPS) is 18.3. The van der Waals surface area contributed by atoms with E-state index in [1.54, 1.807) is 12.4 Å². The number of anilines is 1. The van der Waals surface area contributed by atoms with Crippen LogP contribution in [0.5, 0.6) is 5.88 Å². The summed E-state index contributed by atoms with van der Waals surface area (Å²) in [7, 11) is 0. The van der Waals surface area contributed by atoms with Crippen molar-refractivity contribution < 1.29 is 4.74 Å². The van der Waals surface area contributed by atoms with E-state index in [0.29, 0.717) is 18.4 Å². The predicted octanol–water partition coefficient (Wildman–Crippen LogP) is 3.23. The molecule has 1 aliphatic rings. The number of rotatable bonds is 5. The van der Waals surface area contributed by atoms with E-state index in [0.717, 1.165) is 18.7 Å². The highest BCUT2D eigenvalue weighted by Crippen LogP contribution is 2.32. The van der Waals surface area contributed by atoms with Gasteiger partial charge in [0.2, 0.25) is 5.88 Å². The average Bonchev–Trinajstić information content (AvgIpc) is 2.41. The van der Waals surface area contributed by atoms with E-state index in [9.17, 15) is 0 Å². The maximum Gasteiger partial charge on any atom is 0.234 e. The van der Waals surface area contributed by atoms with E-state index in [1.807, 2.05) is 6.92 Å². The van der Waals surface area contributed by atoms with Crippen molar-refractivity contribution >= 4 is 17.4 Å². The maximum atomic E-state index is 6.15. The van der Waals surface area contributed by atoms with Gasteiger partial charge in [-0.05, 0) is 19.8 Å². The van der Waals surface area contributed by atoms with Crippen LogP contribution in [0, 0.1) is 0 Å². The van der Waals surface area contributed by atoms with Crippen molar-refractivity contribution in [3.8, 4) is 5.88 Å². The second-order valence-corrected chi connectivity index (χ2v) is 5.04. The van der Waals surface area contributed by atoms with E-state index in [2.05, 4.69) is 15.3 Å². The Balaban J connectivity index is 2.08. The van der Waals surface area contributed by atoms with Crippen molar-refractivity contribution in [3.05, 3.63) is 12.4 Å². The van der Waals surface area contributed by atoms with Crippen LogP contribution in [0.2, 0.25) is 0 Å². The van der Waals surface area contributed by atoms with E-state index in [-0.39, 0.29) is 5.54 Å². The standard InChI is InChI=1S/C13H20ClN3O/c1-2-18-12-9-15-8-11(16-12)17-13(10-14)6-4-3-5-7-13/h8-9H,2-7,10H2,1H3,(H,16,17). The molecule has 0 aromatic carbocycles. The molecule has 1 aromatic heterocycles. The van der Waals surface area contributed by atoms with Crippen LogP contribution in [-0.2, 0) is 0 Å². The van der Waals surface area contributed by atoms with Crippen LogP contribution in [0.4, 0.5) is 5.82 Å². The molecule has 5 heteroatoms. The van der Waals surface area contributed by atoms with Crippen LogP contribution in [0.15, 0.2) is 12.4 Å². The number of nitrogens with one attached hydrogen (secondary N) is 1. The largest absolute Gasteiger partial charge is 0.477 e. The monoisotopic (exact) mass is 269 g/mol. The quantitative estimate of drug-likeness (QED) is 0.834. The van der Waals surface area contributed by atoms with Gasteiger partial charge < -0.3 is 10.1 Å². The number of halogens is 1. The average molecular weight is 270 g/mol. The molecule has 0 saturated heterocycles. The smallest absolute Gasteiger partial charge is 0.234 e. The summed E-state index contributed by atoms with van der Waals surface area (Å²) in [6.07, 6.45) is 9.28. The number of hydrogen-bond donors (Lipinski definition) is 1. The minimum Gasteiger partial charge on any atom is -0.477 e. The minimum atomic E-state index is -0.0284. The summed E-state index contributed by atoms with van der Waals surface area (Å²) in [5.41, 5.74) is -0.0284.